The molecule has 0 aliphatic heterocycles. The van der Waals surface area contributed by atoms with E-state index in [0.717, 1.165) is 18.6 Å². The summed E-state index contributed by atoms with van der Waals surface area (Å²) in [7, 11) is 0. The summed E-state index contributed by atoms with van der Waals surface area (Å²) in [5.41, 5.74) is 5.75. The SMILES string of the molecule is C=CC(=O)O.C=CC(=O)O.c1ccc2c(c1)Cc1ccccc1-2. The fraction of sp³-hybridized carbons (Fsp3) is 0.0526. The monoisotopic (exact) mass is 310 g/mol. The van der Waals surface area contributed by atoms with Gasteiger partial charge in [0.05, 0.1) is 0 Å². The molecule has 2 N–H and O–H groups in total. The van der Waals surface area contributed by atoms with E-state index in [9.17, 15) is 9.59 Å². The van der Waals surface area contributed by atoms with Gasteiger partial charge in [0.1, 0.15) is 0 Å². The van der Waals surface area contributed by atoms with Gasteiger partial charge in [-0.05, 0) is 28.7 Å². The highest BCUT2D eigenvalue weighted by atomic mass is 16.4. The Bertz CT molecular complexity index is 655. The maximum Gasteiger partial charge on any atom is 0.327 e. The Kier molecular flexibility index (Phi) is 7.01. The molecular weight excluding hydrogens is 292 g/mol. The Balaban J connectivity index is 0.000000224. The van der Waals surface area contributed by atoms with E-state index in [4.69, 9.17) is 10.2 Å². The number of carboxylic acid groups (broad SMARTS) is 2. The Labute approximate surface area is 135 Å². The zero-order valence-corrected chi connectivity index (χ0v) is 12.6. The van der Waals surface area contributed by atoms with Crippen molar-refractivity contribution in [3.05, 3.63) is 85.0 Å². The molecule has 0 atom stereocenters. The molecule has 1 aliphatic carbocycles. The largest absolute Gasteiger partial charge is 0.478 e. The fourth-order valence-electron chi connectivity index (χ4n) is 2.08. The van der Waals surface area contributed by atoms with Crippen LogP contribution < -0.4 is 0 Å². The lowest BCUT2D eigenvalue weighted by atomic mass is 10.1. The smallest absolute Gasteiger partial charge is 0.327 e. The number of aliphatic carboxylic acids is 2. The highest BCUT2D eigenvalue weighted by Crippen LogP contribution is 2.35. The molecule has 23 heavy (non-hydrogen) atoms. The Hall–Kier alpha value is -3.14. The highest BCUT2D eigenvalue weighted by molar-refractivity contribution is 5.79. The van der Waals surface area contributed by atoms with Crippen molar-refractivity contribution in [2.24, 2.45) is 0 Å². The number of carboxylic acids is 2. The molecule has 118 valence electrons. The lowest BCUT2D eigenvalue weighted by Crippen LogP contribution is -1.82. The molecule has 3 rings (SSSR count). The molecule has 0 spiro atoms. The first-order valence-corrected chi connectivity index (χ1v) is 6.86. The minimum Gasteiger partial charge on any atom is -0.478 e. The first-order valence-electron chi connectivity index (χ1n) is 6.86. The zero-order valence-electron chi connectivity index (χ0n) is 12.6. The second-order valence-electron chi connectivity index (χ2n) is 4.58. The minimum absolute atomic E-state index is 0.833. The van der Waals surface area contributed by atoms with E-state index in [-0.39, 0.29) is 0 Å². The molecule has 0 heterocycles. The van der Waals surface area contributed by atoms with Crippen LogP contribution >= 0.6 is 0 Å². The van der Waals surface area contributed by atoms with Gasteiger partial charge in [-0.1, -0.05) is 61.7 Å². The van der Waals surface area contributed by atoms with Gasteiger partial charge in [0.15, 0.2) is 0 Å². The summed E-state index contributed by atoms with van der Waals surface area (Å²) < 4.78 is 0. The number of carbonyl (C=O) groups is 2. The van der Waals surface area contributed by atoms with Gasteiger partial charge >= 0.3 is 11.9 Å². The van der Waals surface area contributed by atoms with E-state index in [1.807, 2.05) is 0 Å². The first kappa shape index (κ1) is 17.9. The minimum atomic E-state index is -0.981. The number of hydrogen-bond acceptors (Lipinski definition) is 2. The summed E-state index contributed by atoms with van der Waals surface area (Å²) in [6.45, 7) is 5.92. The van der Waals surface area contributed by atoms with E-state index in [2.05, 4.69) is 61.7 Å². The van der Waals surface area contributed by atoms with E-state index in [1.165, 1.54) is 22.3 Å². The van der Waals surface area contributed by atoms with Crippen LogP contribution in [0.15, 0.2) is 73.8 Å². The van der Waals surface area contributed by atoms with E-state index < -0.39 is 11.9 Å². The van der Waals surface area contributed by atoms with Crippen LogP contribution in [0.2, 0.25) is 0 Å². The van der Waals surface area contributed by atoms with Crippen LogP contribution in [0.4, 0.5) is 0 Å². The van der Waals surface area contributed by atoms with Crippen molar-refractivity contribution in [3.63, 3.8) is 0 Å². The second kappa shape index (κ2) is 9.00. The topological polar surface area (TPSA) is 74.6 Å². The predicted octanol–water partition coefficient (Wildman–Crippen LogP) is 3.77. The number of fused-ring (bicyclic) bond motifs is 3. The Morgan fingerprint density at radius 2 is 1.09 bits per heavy atom. The normalized spacial score (nSPS) is 9.74. The predicted molar refractivity (Wildman–Crippen MR) is 90.3 cm³/mol. The van der Waals surface area contributed by atoms with Gasteiger partial charge < -0.3 is 10.2 Å². The summed E-state index contributed by atoms with van der Waals surface area (Å²) in [5.74, 6) is -1.96. The molecule has 0 aromatic heterocycles. The average Bonchev–Trinajstić information content (AvgIpc) is 2.94. The lowest BCUT2D eigenvalue weighted by Gasteiger charge is -1.98. The van der Waals surface area contributed by atoms with Gasteiger partial charge in [0.25, 0.3) is 0 Å². The second-order valence-corrected chi connectivity index (χ2v) is 4.58. The summed E-state index contributed by atoms with van der Waals surface area (Å²) in [6, 6.07) is 17.3. The summed E-state index contributed by atoms with van der Waals surface area (Å²) in [5, 5.41) is 15.2. The average molecular weight is 310 g/mol. The third-order valence-electron chi connectivity index (χ3n) is 3.06. The molecule has 0 saturated carbocycles. The standard InChI is InChI=1S/C13H10.2C3H4O2/c1-3-7-12-10(5-1)9-11-6-2-4-8-13(11)12;2*1-2-3(4)5/h1-8H,9H2;2*2H,1H2,(H,4,5). The molecule has 0 fully saturated rings. The van der Waals surface area contributed by atoms with E-state index >= 15 is 0 Å². The van der Waals surface area contributed by atoms with E-state index in [0.29, 0.717) is 0 Å². The molecule has 4 heteroatoms. The molecule has 2 aromatic carbocycles. The van der Waals surface area contributed by atoms with Crippen molar-refractivity contribution in [1.29, 1.82) is 0 Å². The van der Waals surface area contributed by atoms with Gasteiger partial charge in [0, 0.05) is 12.2 Å². The highest BCUT2D eigenvalue weighted by Gasteiger charge is 2.15. The van der Waals surface area contributed by atoms with Gasteiger partial charge in [-0.2, -0.15) is 0 Å². The van der Waals surface area contributed by atoms with E-state index in [1.54, 1.807) is 0 Å². The number of rotatable bonds is 2. The van der Waals surface area contributed by atoms with Gasteiger partial charge in [-0.25, -0.2) is 9.59 Å². The van der Waals surface area contributed by atoms with Crippen LogP contribution in [0.25, 0.3) is 11.1 Å². The maximum absolute atomic E-state index is 9.25. The van der Waals surface area contributed by atoms with Crippen molar-refractivity contribution in [3.8, 4) is 11.1 Å². The van der Waals surface area contributed by atoms with Gasteiger partial charge in [-0.3, -0.25) is 0 Å². The maximum atomic E-state index is 9.25. The Morgan fingerprint density at radius 3 is 1.39 bits per heavy atom. The van der Waals surface area contributed by atoms with Crippen LogP contribution in [0.5, 0.6) is 0 Å². The van der Waals surface area contributed by atoms with Crippen LogP contribution in [-0.2, 0) is 16.0 Å². The fourth-order valence-corrected chi connectivity index (χ4v) is 2.08. The van der Waals surface area contributed by atoms with Crippen molar-refractivity contribution in [1.82, 2.24) is 0 Å². The molecule has 0 bridgehead atoms. The summed E-state index contributed by atoms with van der Waals surface area (Å²) in [6.07, 6.45) is 2.77. The number of hydrogen-bond donors (Lipinski definition) is 2. The van der Waals surface area contributed by atoms with Crippen molar-refractivity contribution < 1.29 is 19.8 Å². The molecule has 0 unspecified atom stereocenters. The first-order chi connectivity index (χ1) is 11.0. The molecule has 4 nitrogen and oxygen atoms in total. The molecule has 0 radical (unpaired) electrons. The number of benzene rings is 2. The lowest BCUT2D eigenvalue weighted by molar-refractivity contribution is -0.132. The third-order valence-corrected chi connectivity index (χ3v) is 3.06. The molecule has 2 aromatic rings. The molecule has 0 saturated heterocycles. The third kappa shape index (κ3) is 5.63. The molecule has 1 aliphatic rings. The quantitative estimate of drug-likeness (QED) is 0.707. The summed E-state index contributed by atoms with van der Waals surface area (Å²) >= 11 is 0. The van der Waals surface area contributed by atoms with Crippen molar-refractivity contribution in [2.45, 2.75) is 6.42 Å². The van der Waals surface area contributed by atoms with Crippen molar-refractivity contribution in [2.75, 3.05) is 0 Å². The van der Waals surface area contributed by atoms with Crippen molar-refractivity contribution >= 4 is 11.9 Å². The van der Waals surface area contributed by atoms with Crippen LogP contribution in [0.1, 0.15) is 11.1 Å². The van der Waals surface area contributed by atoms with Gasteiger partial charge in [-0.15, -0.1) is 0 Å². The molecule has 0 amide bonds. The zero-order chi connectivity index (χ0) is 17.2. The molecular formula is C19H18O4. The van der Waals surface area contributed by atoms with Crippen LogP contribution in [-0.4, -0.2) is 22.2 Å². The van der Waals surface area contributed by atoms with Gasteiger partial charge in [0.2, 0.25) is 0 Å². The summed E-state index contributed by atoms with van der Waals surface area (Å²) in [4.78, 5) is 18.5. The Morgan fingerprint density at radius 1 is 0.783 bits per heavy atom. The van der Waals surface area contributed by atoms with Crippen LogP contribution in [0, 0.1) is 0 Å². The van der Waals surface area contributed by atoms with Crippen LogP contribution in [0.3, 0.4) is 0 Å².